The topological polar surface area (TPSA) is 67.6 Å². The van der Waals surface area contributed by atoms with Crippen LogP contribution in [-0.4, -0.2) is 41.1 Å². The molecule has 1 aliphatic carbocycles. The molecule has 1 fully saturated rings. The number of halogens is 3. The third kappa shape index (κ3) is 3.97. The van der Waals surface area contributed by atoms with Crippen molar-refractivity contribution in [3.63, 3.8) is 0 Å². The van der Waals surface area contributed by atoms with Crippen molar-refractivity contribution < 1.29 is 27.8 Å². The van der Waals surface area contributed by atoms with Gasteiger partial charge in [0.1, 0.15) is 11.4 Å². The third-order valence-electron chi connectivity index (χ3n) is 7.26. The minimum atomic E-state index is -4.67. The number of aliphatic hydroxyl groups excluding tert-OH is 1. The molecule has 1 aliphatic heterocycles. The molecule has 6 nitrogen and oxygen atoms in total. The van der Waals surface area contributed by atoms with Gasteiger partial charge in [0, 0.05) is 23.2 Å². The van der Waals surface area contributed by atoms with Gasteiger partial charge in [0.15, 0.2) is 5.69 Å². The van der Waals surface area contributed by atoms with Crippen LogP contribution in [-0.2, 0) is 18.0 Å². The molecular formula is C26H26F3N3O3. The van der Waals surface area contributed by atoms with Gasteiger partial charge in [0.2, 0.25) is 0 Å². The zero-order valence-electron chi connectivity index (χ0n) is 19.3. The maximum Gasteiger partial charge on any atom is 0.435 e. The first kappa shape index (κ1) is 23.4. The first-order chi connectivity index (χ1) is 16.8. The maximum atomic E-state index is 13.8. The fourth-order valence-electron chi connectivity index (χ4n) is 5.33. The quantitative estimate of drug-likeness (QED) is 0.558. The SMILES string of the molecule is COc1ccc(-n2nc(C(F)(F)F)c3c2C(=O)N(c2ccc(C4(CO)CCCC4)cc2)CC3)cc1. The molecule has 3 aromatic rings. The standard InChI is InChI=1S/C26H26F3N3O3/c1-35-20-10-8-19(9-11-20)32-22-21(23(30-32)26(27,28)29)12-15-31(24(22)34)18-6-4-17(5-7-18)25(16-33)13-2-3-14-25/h4-11,33H,2-3,12-16H2,1H3. The Morgan fingerprint density at radius 1 is 1.03 bits per heavy atom. The Labute approximate surface area is 200 Å². The van der Waals surface area contributed by atoms with Crippen LogP contribution in [0.5, 0.6) is 5.75 Å². The van der Waals surface area contributed by atoms with Crippen LogP contribution in [0.25, 0.3) is 5.69 Å². The molecule has 2 heterocycles. The van der Waals surface area contributed by atoms with Gasteiger partial charge in [-0.3, -0.25) is 4.79 Å². The van der Waals surface area contributed by atoms with Crippen LogP contribution in [0.1, 0.15) is 53.0 Å². The third-order valence-corrected chi connectivity index (χ3v) is 7.26. The Morgan fingerprint density at radius 3 is 2.23 bits per heavy atom. The Balaban J connectivity index is 1.53. The van der Waals surface area contributed by atoms with Crippen molar-refractivity contribution in [1.29, 1.82) is 0 Å². The average Bonchev–Trinajstić information content (AvgIpc) is 3.51. The van der Waals surface area contributed by atoms with Crippen molar-refractivity contribution in [3.8, 4) is 11.4 Å². The number of benzene rings is 2. The first-order valence-corrected chi connectivity index (χ1v) is 11.6. The zero-order valence-corrected chi connectivity index (χ0v) is 19.3. The zero-order chi connectivity index (χ0) is 24.8. The average molecular weight is 486 g/mol. The number of rotatable bonds is 5. The number of hydrogen-bond donors (Lipinski definition) is 1. The van der Waals surface area contributed by atoms with E-state index in [9.17, 15) is 23.1 Å². The second-order valence-corrected chi connectivity index (χ2v) is 9.18. The molecule has 2 aromatic carbocycles. The van der Waals surface area contributed by atoms with Crippen LogP contribution in [0.4, 0.5) is 18.9 Å². The highest BCUT2D eigenvalue weighted by molar-refractivity contribution is 6.07. The van der Waals surface area contributed by atoms with Crippen LogP contribution in [0.15, 0.2) is 48.5 Å². The van der Waals surface area contributed by atoms with E-state index in [4.69, 9.17) is 4.74 Å². The minimum Gasteiger partial charge on any atom is -0.497 e. The van der Waals surface area contributed by atoms with Gasteiger partial charge in [-0.05, 0) is 61.2 Å². The number of aliphatic hydroxyl groups is 1. The number of carbonyl (C=O) groups excluding carboxylic acids is 1. The number of ether oxygens (including phenoxy) is 1. The minimum absolute atomic E-state index is 0.0361. The van der Waals surface area contributed by atoms with Crippen molar-refractivity contribution in [2.75, 3.05) is 25.2 Å². The van der Waals surface area contributed by atoms with Gasteiger partial charge in [0.05, 0.1) is 19.4 Å². The van der Waals surface area contributed by atoms with Crippen LogP contribution >= 0.6 is 0 Å². The fraction of sp³-hybridized carbons (Fsp3) is 0.385. The molecule has 2 aliphatic rings. The van der Waals surface area contributed by atoms with Crippen LogP contribution < -0.4 is 9.64 Å². The van der Waals surface area contributed by atoms with E-state index in [2.05, 4.69) is 5.10 Å². The predicted molar refractivity (Wildman–Crippen MR) is 124 cm³/mol. The number of methoxy groups -OCH3 is 1. The van der Waals surface area contributed by atoms with E-state index < -0.39 is 17.8 Å². The van der Waals surface area contributed by atoms with E-state index in [1.54, 1.807) is 24.3 Å². The number of carbonyl (C=O) groups is 1. The molecule has 0 unspecified atom stereocenters. The number of nitrogens with zero attached hydrogens (tertiary/aromatic N) is 3. The second-order valence-electron chi connectivity index (χ2n) is 9.18. The summed E-state index contributed by atoms with van der Waals surface area (Å²) in [5.74, 6) is 0.0114. The highest BCUT2D eigenvalue weighted by Gasteiger charge is 2.43. The normalized spacial score (nSPS) is 17.5. The summed E-state index contributed by atoms with van der Waals surface area (Å²) in [6.07, 6.45) is -0.689. The molecular weight excluding hydrogens is 459 g/mol. The summed E-state index contributed by atoms with van der Waals surface area (Å²) in [6, 6.07) is 13.8. The number of aromatic nitrogens is 2. The summed E-state index contributed by atoms with van der Waals surface area (Å²) in [4.78, 5) is 15.1. The molecule has 1 aromatic heterocycles. The summed E-state index contributed by atoms with van der Waals surface area (Å²) >= 11 is 0. The number of alkyl halides is 3. The molecule has 0 saturated heterocycles. The van der Waals surface area contributed by atoms with Gasteiger partial charge in [-0.1, -0.05) is 25.0 Å². The first-order valence-electron chi connectivity index (χ1n) is 11.6. The number of fused-ring (bicyclic) bond motifs is 1. The van der Waals surface area contributed by atoms with Crippen molar-refractivity contribution in [2.45, 2.75) is 43.7 Å². The fourth-order valence-corrected chi connectivity index (χ4v) is 5.33. The lowest BCUT2D eigenvalue weighted by molar-refractivity contribution is -0.141. The van der Waals surface area contributed by atoms with E-state index >= 15 is 0 Å². The molecule has 0 radical (unpaired) electrons. The van der Waals surface area contributed by atoms with Crippen molar-refractivity contribution in [2.24, 2.45) is 0 Å². The summed E-state index contributed by atoms with van der Waals surface area (Å²) in [5, 5.41) is 13.8. The molecule has 35 heavy (non-hydrogen) atoms. The van der Waals surface area contributed by atoms with Crippen molar-refractivity contribution >= 4 is 11.6 Å². The molecule has 184 valence electrons. The summed E-state index contributed by atoms with van der Waals surface area (Å²) in [7, 11) is 1.49. The van der Waals surface area contributed by atoms with Crippen LogP contribution in [0, 0.1) is 0 Å². The van der Waals surface area contributed by atoms with Gasteiger partial charge in [0.25, 0.3) is 5.91 Å². The summed E-state index contributed by atoms with van der Waals surface area (Å²) in [6.45, 7) is 0.188. The second kappa shape index (κ2) is 8.71. The van der Waals surface area contributed by atoms with E-state index in [0.717, 1.165) is 35.9 Å². The molecule has 9 heteroatoms. The van der Waals surface area contributed by atoms with Gasteiger partial charge >= 0.3 is 6.18 Å². The summed E-state index contributed by atoms with van der Waals surface area (Å²) < 4.78 is 47.6. The maximum absolute atomic E-state index is 13.8. The highest BCUT2D eigenvalue weighted by atomic mass is 19.4. The smallest absolute Gasteiger partial charge is 0.435 e. The Morgan fingerprint density at radius 2 is 1.66 bits per heavy atom. The van der Waals surface area contributed by atoms with Gasteiger partial charge < -0.3 is 14.7 Å². The molecule has 0 atom stereocenters. The van der Waals surface area contributed by atoms with Crippen LogP contribution in [0.2, 0.25) is 0 Å². The monoisotopic (exact) mass is 485 g/mol. The van der Waals surface area contributed by atoms with E-state index in [1.165, 1.54) is 12.0 Å². The van der Waals surface area contributed by atoms with E-state index in [0.29, 0.717) is 17.1 Å². The molecule has 0 bridgehead atoms. The lowest BCUT2D eigenvalue weighted by Crippen LogP contribution is -2.39. The number of amides is 1. The summed E-state index contributed by atoms with van der Waals surface area (Å²) in [5.41, 5.74) is 0.510. The predicted octanol–water partition coefficient (Wildman–Crippen LogP) is 4.91. The Kier molecular flexibility index (Phi) is 5.83. The van der Waals surface area contributed by atoms with Gasteiger partial charge in [-0.2, -0.15) is 18.3 Å². The molecule has 1 amide bonds. The van der Waals surface area contributed by atoms with E-state index in [-0.39, 0.29) is 36.2 Å². The van der Waals surface area contributed by atoms with Crippen LogP contribution in [0.3, 0.4) is 0 Å². The van der Waals surface area contributed by atoms with Gasteiger partial charge in [-0.15, -0.1) is 0 Å². The number of anilines is 1. The van der Waals surface area contributed by atoms with Crippen molar-refractivity contribution in [3.05, 3.63) is 71.0 Å². The lowest BCUT2D eigenvalue weighted by Gasteiger charge is -2.30. The lowest BCUT2D eigenvalue weighted by atomic mass is 9.79. The molecule has 0 spiro atoms. The van der Waals surface area contributed by atoms with Crippen molar-refractivity contribution in [1.82, 2.24) is 9.78 Å². The van der Waals surface area contributed by atoms with E-state index in [1.807, 2.05) is 24.3 Å². The Bertz CT molecular complexity index is 1230. The Hall–Kier alpha value is -3.33. The largest absolute Gasteiger partial charge is 0.497 e. The molecule has 1 saturated carbocycles. The highest BCUT2D eigenvalue weighted by Crippen LogP contribution is 2.42. The van der Waals surface area contributed by atoms with Gasteiger partial charge in [-0.25, -0.2) is 4.68 Å². The molecule has 1 N–H and O–H groups in total. The number of hydrogen-bond acceptors (Lipinski definition) is 4. The molecule has 5 rings (SSSR count).